The van der Waals surface area contributed by atoms with E-state index in [4.69, 9.17) is 14.2 Å². The van der Waals surface area contributed by atoms with Gasteiger partial charge in [-0.25, -0.2) is 4.39 Å². The summed E-state index contributed by atoms with van der Waals surface area (Å²) in [5, 5.41) is 5.86. The van der Waals surface area contributed by atoms with E-state index in [1.807, 2.05) is 0 Å². The first-order chi connectivity index (χ1) is 14.0. The van der Waals surface area contributed by atoms with Gasteiger partial charge in [-0.15, -0.1) is 0 Å². The van der Waals surface area contributed by atoms with Gasteiger partial charge in [0.15, 0.2) is 11.5 Å². The molecule has 0 unspecified atom stereocenters. The van der Waals surface area contributed by atoms with Crippen LogP contribution in [0.3, 0.4) is 0 Å². The predicted molar refractivity (Wildman–Crippen MR) is 108 cm³/mol. The second-order valence-electron chi connectivity index (χ2n) is 5.96. The van der Waals surface area contributed by atoms with Crippen LogP contribution in [0.4, 0.5) is 21.5 Å². The molecule has 0 bridgehead atoms. The first kappa shape index (κ1) is 19.9. The monoisotopic (exact) mass is 397 g/mol. The summed E-state index contributed by atoms with van der Waals surface area (Å²) in [5.41, 5.74) is 2.08. The van der Waals surface area contributed by atoms with Crippen LogP contribution in [0.25, 0.3) is 0 Å². The predicted octanol–water partition coefficient (Wildman–Crippen LogP) is 4.24. The highest BCUT2D eigenvalue weighted by Gasteiger charge is 2.14. The Hall–Kier alpha value is -3.81. The molecule has 1 amide bonds. The number of halogens is 1. The smallest absolute Gasteiger partial charge is 0.257 e. The summed E-state index contributed by atoms with van der Waals surface area (Å²) in [6.45, 7) is 0. The number of rotatable bonds is 7. The molecule has 3 rings (SSSR count). The lowest BCUT2D eigenvalue weighted by Crippen LogP contribution is -2.12. The number of ether oxygens (including phenoxy) is 3. The molecule has 0 aliphatic heterocycles. The van der Waals surface area contributed by atoms with Gasteiger partial charge in [-0.3, -0.25) is 9.78 Å². The van der Waals surface area contributed by atoms with E-state index in [2.05, 4.69) is 15.6 Å². The molecule has 1 heterocycles. The molecule has 0 spiro atoms. The van der Waals surface area contributed by atoms with Crippen molar-refractivity contribution in [2.45, 2.75) is 0 Å². The van der Waals surface area contributed by atoms with Gasteiger partial charge in [0.25, 0.3) is 5.91 Å². The zero-order chi connectivity index (χ0) is 20.8. The minimum Gasteiger partial charge on any atom is -0.493 e. The fraction of sp³-hybridized carbons (Fsp3) is 0.143. The number of benzene rings is 2. The van der Waals surface area contributed by atoms with Crippen molar-refractivity contribution in [1.29, 1.82) is 0 Å². The number of hydrogen-bond acceptors (Lipinski definition) is 6. The summed E-state index contributed by atoms with van der Waals surface area (Å²) in [5.74, 6) is 0.727. The molecule has 2 aromatic carbocycles. The fourth-order valence-electron chi connectivity index (χ4n) is 2.69. The molecule has 1 aromatic heterocycles. The molecule has 0 aliphatic rings. The van der Waals surface area contributed by atoms with Crippen molar-refractivity contribution in [3.8, 4) is 17.2 Å². The molecule has 0 aliphatic carbocycles. The number of hydrogen-bond donors (Lipinski definition) is 2. The van der Waals surface area contributed by atoms with Crippen molar-refractivity contribution in [3.63, 3.8) is 0 Å². The van der Waals surface area contributed by atoms with E-state index < -0.39 is 0 Å². The molecule has 0 radical (unpaired) electrons. The molecule has 150 valence electrons. The summed E-state index contributed by atoms with van der Waals surface area (Å²) < 4.78 is 29.0. The lowest BCUT2D eigenvalue weighted by atomic mass is 10.2. The maximum absolute atomic E-state index is 13.0. The Morgan fingerprint density at radius 1 is 0.862 bits per heavy atom. The van der Waals surface area contributed by atoms with Crippen LogP contribution in [-0.4, -0.2) is 32.2 Å². The Balaban J connectivity index is 1.81. The minimum absolute atomic E-state index is 0.340. The largest absolute Gasteiger partial charge is 0.493 e. The third-order valence-corrected chi connectivity index (χ3v) is 4.06. The normalized spacial score (nSPS) is 10.2. The highest BCUT2D eigenvalue weighted by atomic mass is 19.1. The average molecular weight is 397 g/mol. The van der Waals surface area contributed by atoms with Crippen molar-refractivity contribution in [1.82, 2.24) is 4.98 Å². The molecule has 3 aromatic rings. The maximum atomic E-state index is 13.0. The number of methoxy groups -OCH3 is 3. The Morgan fingerprint density at radius 3 is 2.10 bits per heavy atom. The number of nitrogens with zero attached hydrogens (tertiary/aromatic N) is 1. The van der Waals surface area contributed by atoms with Crippen LogP contribution in [0.1, 0.15) is 10.4 Å². The summed E-state index contributed by atoms with van der Waals surface area (Å²) in [6, 6.07) is 10.7. The van der Waals surface area contributed by atoms with Crippen molar-refractivity contribution < 1.29 is 23.4 Å². The number of pyridine rings is 1. The van der Waals surface area contributed by atoms with Crippen molar-refractivity contribution in [3.05, 3.63) is 66.2 Å². The third kappa shape index (κ3) is 4.73. The van der Waals surface area contributed by atoms with Crippen LogP contribution in [0, 0.1) is 5.82 Å². The number of carbonyl (C=O) groups is 1. The van der Waals surface area contributed by atoms with Gasteiger partial charge in [0.05, 0.1) is 38.8 Å². The molecule has 0 saturated carbocycles. The van der Waals surface area contributed by atoms with Crippen LogP contribution < -0.4 is 24.8 Å². The molecule has 0 fully saturated rings. The molecule has 0 atom stereocenters. The van der Waals surface area contributed by atoms with Gasteiger partial charge in [0, 0.05) is 29.7 Å². The van der Waals surface area contributed by atoms with Crippen molar-refractivity contribution >= 4 is 23.0 Å². The van der Waals surface area contributed by atoms with E-state index in [0.717, 1.165) is 0 Å². The Bertz CT molecular complexity index is 984. The average Bonchev–Trinajstić information content (AvgIpc) is 2.74. The maximum Gasteiger partial charge on any atom is 0.257 e. The summed E-state index contributed by atoms with van der Waals surface area (Å²) in [4.78, 5) is 16.6. The minimum atomic E-state index is -0.374. The molecule has 0 saturated heterocycles. The van der Waals surface area contributed by atoms with E-state index in [0.29, 0.717) is 39.9 Å². The van der Waals surface area contributed by atoms with E-state index in [-0.39, 0.29) is 11.7 Å². The van der Waals surface area contributed by atoms with Crippen molar-refractivity contribution in [2.24, 2.45) is 0 Å². The Morgan fingerprint density at radius 2 is 1.52 bits per heavy atom. The van der Waals surface area contributed by atoms with Gasteiger partial charge in [-0.1, -0.05) is 0 Å². The topological polar surface area (TPSA) is 81.7 Å². The van der Waals surface area contributed by atoms with Crippen LogP contribution in [0.5, 0.6) is 17.2 Å². The first-order valence-corrected chi connectivity index (χ1v) is 8.63. The molecule has 29 heavy (non-hydrogen) atoms. The van der Waals surface area contributed by atoms with Gasteiger partial charge in [0.2, 0.25) is 5.75 Å². The Labute approximate surface area is 167 Å². The highest BCUT2D eigenvalue weighted by Crippen LogP contribution is 2.40. The highest BCUT2D eigenvalue weighted by molar-refractivity contribution is 6.04. The van der Waals surface area contributed by atoms with Gasteiger partial charge in [-0.2, -0.15) is 0 Å². The number of carbonyl (C=O) groups excluding carboxylic acids is 1. The fourth-order valence-corrected chi connectivity index (χ4v) is 2.69. The van der Waals surface area contributed by atoms with Crippen LogP contribution >= 0.6 is 0 Å². The number of amides is 1. The van der Waals surface area contributed by atoms with E-state index in [1.54, 1.807) is 24.4 Å². The van der Waals surface area contributed by atoms with Crippen LogP contribution in [0.2, 0.25) is 0 Å². The molecular formula is C21H20FN3O4. The summed E-state index contributed by atoms with van der Waals surface area (Å²) >= 11 is 0. The third-order valence-electron chi connectivity index (χ3n) is 4.06. The summed E-state index contributed by atoms with van der Waals surface area (Å²) in [7, 11) is 4.59. The first-order valence-electron chi connectivity index (χ1n) is 8.63. The van der Waals surface area contributed by atoms with E-state index >= 15 is 0 Å². The number of nitrogens with one attached hydrogen (secondary N) is 2. The van der Waals surface area contributed by atoms with Gasteiger partial charge in [-0.05, 0) is 30.3 Å². The Kier molecular flexibility index (Phi) is 6.13. The molecular weight excluding hydrogens is 377 g/mol. The standard InChI is InChI=1S/C21H20FN3O4/c1-27-18-9-16(10-19(28-2)20(18)29-3)24-17-8-13(11-23-12-17)21(26)25-15-6-4-14(22)5-7-15/h4-12,24H,1-3H3,(H,25,26). The number of aromatic nitrogens is 1. The second-order valence-corrected chi connectivity index (χ2v) is 5.96. The summed E-state index contributed by atoms with van der Waals surface area (Å²) in [6.07, 6.45) is 3.02. The molecule has 7 nitrogen and oxygen atoms in total. The SMILES string of the molecule is COc1cc(Nc2cncc(C(=O)Nc3ccc(F)cc3)c2)cc(OC)c1OC. The van der Waals surface area contributed by atoms with Gasteiger partial charge < -0.3 is 24.8 Å². The van der Waals surface area contributed by atoms with Gasteiger partial charge in [0.1, 0.15) is 5.82 Å². The quantitative estimate of drug-likeness (QED) is 0.621. The molecule has 8 heteroatoms. The second kappa shape index (κ2) is 8.92. The van der Waals surface area contributed by atoms with E-state index in [9.17, 15) is 9.18 Å². The zero-order valence-electron chi connectivity index (χ0n) is 16.2. The molecule has 2 N–H and O–H groups in total. The lowest BCUT2D eigenvalue weighted by Gasteiger charge is -2.15. The van der Waals surface area contributed by atoms with Crippen LogP contribution in [0.15, 0.2) is 54.9 Å². The van der Waals surface area contributed by atoms with E-state index in [1.165, 1.54) is 51.8 Å². The van der Waals surface area contributed by atoms with Gasteiger partial charge >= 0.3 is 0 Å². The zero-order valence-corrected chi connectivity index (χ0v) is 16.2. The number of anilines is 3. The van der Waals surface area contributed by atoms with Crippen LogP contribution in [-0.2, 0) is 0 Å². The van der Waals surface area contributed by atoms with Crippen molar-refractivity contribution in [2.75, 3.05) is 32.0 Å². The lowest BCUT2D eigenvalue weighted by molar-refractivity contribution is 0.102.